The maximum Gasteiger partial charge on any atom is 0.0719 e. The van der Waals surface area contributed by atoms with Crippen molar-refractivity contribution in [1.82, 2.24) is 9.78 Å². The molecule has 3 aromatic rings. The maximum absolute atomic E-state index is 5.83. The molecule has 100 valence electrons. The third kappa shape index (κ3) is 2.24. The minimum atomic E-state index is 0.511. The summed E-state index contributed by atoms with van der Waals surface area (Å²) in [5.74, 6) is 0. The Bertz CT molecular complexity index is 714. The number of para-hydroxylation sites is 1. The summed E-state index contributed by atoms with van der Waals surface area (Å²) in [5.41, 5.74) is 11.5. The Morgan fingerprint density at radius 2 is 1.80 bits per heavy atom. The molecular formula is C17H17N3. The minimum Gasteiger partial charge on any atom is -0.326 e. The second-order valence-corrected chi connectivity index (χ2v) is 4.83. The van der Waals surface area contributed by atoms with E-state index in [2.05, 4.69) is 36.4 Å². The fourth-order valence-corrected chi connectivity index (χ4v) is 2.44. The molecule has 0 saturated carbocycles. The highest BCUT2D eigenvalue weighted by Crippen LogP contribution is 2.23. The van der Waals surface area contributed by atoms with E-state index >= 15 is 0 Å². The predicted octanol–water partition coefficient (Wildman–Crippen LogP) is 3.31. The van der Waals surface area contributed by atoms with Crippen molar-refractivity contribution in [1.29, 1.82) is 0 Å². The van der Waals surface area contributed by atoms with Crippen LogP contribution in [0.15, 0.2) is 60.9 Å². The van der Waals surface area contributed by atoms with Crippen molar-refractivity contribution < 1.29 is 0 Å². The number of aryl methyl sites for hydroxylation is 1. The van der Waals surface area contributed by atoms with Gasteiger partial charge in [-0.05, 0) is 23.6 Å². The monoisotopic (exact) mass is 263 g/mol. The van der Waals surface area contributed by atoms with Crippen LogP contribution in [0, 0.1) is 6.92 Å². The number of hydrogen-bond acceptors (Lipinski definition) is 2. The molecular weight excluding hydrogens is 246 g/mol. The van der Waals surface area contributed by atoms with Crippen molar-refractivity contribution in [3.63, 3.8) is 0 Å². The summed E-state index contributed by atoms with van der Waals surface area (Å²) < 4.78 is 1.92. The van der Waals surface area contributed by atoms with Gasteiger partial charge in [0.15, 0.2) is 0 Å². The van der Waals surface area contributed by atoms with Gasteiger partial charge in [0.2, 0.25) is 0 Å². The highest BCUT2D eigenvalue weighted by Gasteiger charge is 2.09. The molecule has 0 aliphatic carbocycles. The van der Waals surface area contributed by atoms with Gasteiger partial charge in [-0.15, -0.1) is 0 Å². The molecule has 0 bridgehead atoms. The summed E-state index contributed by atoms with van der Waals surface area (Å²) in [6.07, 6.45) is 3.94. The van der Waals surface area contributed by atoms with Gasteiger partial charge in [0.25, 0.3) is 0 Å². The normalized spacial score (nSPS) is 10.7. The van der Waals surface area contributed by atoms with Gasteiger partial charge in [-0.2, -0.15) is 5.10 Å². The predicted molar refractivity (Wildman–Crippen MR) is 81.6 cm³/mol. The van der Waals surface area contributed by atoms with Crippen molar-refractivity contribution in [3.05, 3.63) is 72.1 Å². The van der Waals surface area contributed by atoms with Crippen LogP contribution >= 0.6 is 0 Å². The number of aromatic nitrogens is 2. The zero-order chi connectivity index (χ0) is 13.9. The van der Waals surface area contributed by atoms with E-state index in [1.807, 2.05) is 41.2 Å². The second-order valence-electron chi connectivity index (χ2n) is 4.83. The van der Waals surface area contributed by atoms with Crippen LogP contribution in [0.2, 0.25) is 0 Å². The van der Waals surface area contributed by atoms with Gasteiger partial charge < -0.3 is 5.73 Å². The fourth-order valence-electron chi connectivity index (χ4n) is 2.44. The number of nitrogens with two attached hydrogens (primary N) is 1. The van der Waals surface area contributed by atoms with Crippen molar-refractivity contribution >= 4 is 0 Å². The summed E-state index contributed by atoms with van der Waals surface area (Å²) in [4.78, 5) is 0. The lowest BCUT2D eigenvalue weighted by Crippen LogP contribution is -2.06. The summed E-state index contributed by atoms with van der Waals surface area (Å²) in [5, 5.41) is 4.49. The third-order valence-corrected chi connectivity index (χ3v) is 3.46. The molecule has 2 N–H and O–H groups in total. The van der Waals surface area contributed by atoms with Crippen molar-refractivity contribution in [2.75, 3.05) is 0 Å². The quantitative estimate of drug-likeness (QED) is 0.788. The van der Waals surface area contributed by atoms with Gasteiger partial charge in [0.1, 0.15) is 0 Å². The van der Waals surface area contributed by atoms with Gasteiger partial charge >= 0.3 is 0 Å². The van der Waals surface area contributed by atoms with Crippen LogP contribution in [-0.2, 0) is 6.54 Å². The van der Waals surface area contributed by atoms with Crippen molar-refractivity contribution in [2.24, 2.45) is 5.73 Å². The topological polar surface area (TPSA) is 43.8 Å². The molecule has 1 heterocycles. The first-order valence-electron chi connectivity index (χ1n) is 6.68. The lowest BCUT2D eigenvalue weighted by molar-refractivity contribution is 0.850. The van der Waals surface area contributed by atoms with Crippen LogP contribution in [-0.4, -0.2) is 9.78 Å². The van der Waals surface area contributed by atoms with Crippen LogP contribution < -0.4 is 5.73 Å². The molecule has 0 fully saturated rings. The highest BCUT2D eigenvalue weighted by atomic mass is 15.3. The van der Waals surface area contributed by atoms with Crippen LogP contribution in [0.3, 0.4) is 0 Å². The molecule has 0 aliphatic heterocycles. The van der Waals surface area contributed by atoms with E-state index in [1.165, 1.54) is 11.1 Å². The molecule has 2 aromatic carbocycles. The summed E-state index contributed by atoms with van der Waals surface area (Å²) in [7, 11) is 0. The number of hydrogen-bond donors (Lipinski definition) is 1. The molecule has 3 heteroatoms. The third-order valence-electron chi connectivity index (χ3n) is 3.46. The van der Waals surface area contributed by atoms with Gasteiger partial charge in [-0.25, -0.2) is 4.68 Å². The standard InChI is InChI=1S/C17H17N3/c1-13-6-5-9-15(10-18)17(13)20-12-16(11-19-20)14-7-3-2-4-8-14/h2-9,11-12H,10,18H2,1H3. The lowest BCUT2D eigenvalue weighted by atomic mass is 10.1. The van der Waals surface area contributed by atoms with Gasteiger partial charge in [-0.3, -0.25) is 0 Å². The van der Waals surface area contributed by atoms with E-state index in [9.17, 15) is 0 Å². The van der Waals surface area contributed by atoms with E-state index in [-0.39, 0.29) is 0 Å². The lowest BCUT2D eigenvalue weighted by Gasteiger charge is -2.10. The molecule has 0 amide bonds. The molecule has 3 rings (SSSR count). The first-order chi connectivity index (χ1) is 9.79. The van der Waals surface area contributed by atoms with Gasteiger partial charge in [0, 0.05) is 18.3 Å². The highest BCUT2D eigenvalue weighted by molar-refractivity contribution is 5.62. The summed E-state index contributed by atoms with van der Waals surface area (Å²) in [6.45, 7) is 2.59. The largest absolute Gasteiger partial charge is 0.326 e. The maximum atomic E-state index is 5.83. The first kappa shape index (κ1) is 12.6. The van der Waals surface area contributed by atoms with Gasteiger partial charge in [0.05, 0.1) is 11.9 Å². The second kappa shape index (κ2) is 5.31. The number of nitrogens with zero attached hydrogens (tertiary/aromatic N) is 2. The average molecular weight is 263 g/mol. The molecule has 0 spiro atoms. The number of rotatable bonds is 3. The van der Waals surface area contributed by atoms with E-state index < -0.39 is 0 Å². The summed E-state index contributed by atoms with van der Waals surface area (Å²) in [6, 6.07) is 16.4. The van der Waals surface area contributed by atoms with E-state index in [0.717, 1.165) is 16.8 Å². The van der Waals surface area contributed by atoms with Crippen molar-refractivity contribution in [3.8, 4) is 16.8 Å². The van der Waals surface area contributed by atoms with E-state index in [4.69, 9.17) is 5.73 Å². The molecule has 0 saturated heterocycles. The molecule has 1 aromatic heterocycles. The molecule has 0 unspecified atom stereocenters. The zero-order valence-electron chi connectivity index (χ0n) is 11.5. The molecule has 3 nitrogen and oxygen atoms in total. The average Bonchev–Trinajstić information content (AvgIpc) is 2.97. The molecule has 0 aliphatic rings. The molecule has 20 heavy (non-hydrogen) atoms. The van der Waals surface area contributed by atoms with Gasteiger partial charge in [-0.1, -0.05) is 48.5 Å². The first-order valence-corrected chi connectivity index (χ1v) is 6.68. The van der Waals surface area contributed by atoms with Crippen molar-refractivity contribution in [2.45, 2.75) is 13.5 Å². The van der Waals surface area contributed by atoms with Crippen LogP contribution in [0.4, 0.5) is 0 Å². The Labute approximate surface area is 118 Å². The number of benzene rings is 2. The van der Waals surface area contributed by atoms with Crippen LogP contribution in [0.5, 0.6) is 0 Å². The SMILES string of the molecule is Cc1cccc(CN)c1-n1cc(-c2ccccc2)cn1. The Kier molecular flexibility index (Phi) is 3.35. The van der Waals surface area contributed by atoms with E-state index in [1.54, 1.807) is 0 Å². The van der Waals surface area contributed by atoms with Crippen LogP contribution in [0.25, 0.3) is 16.8 Å². The van der Waals surface area contributed by atoms with E-state index in [0.29, 0.717) is 6.54 Å². The minimum absolute atomic E-state index is 0.511. The molecule has 0 atom stereocenters. The Morgan fingerprint density at radius 3 is 2.55 bits per heavy atom. The van der Waals surface area contributed by atoms with Crippen LogP contribution in [0.1, 0.15) is 11.1 Å². The smallest absolute Gasteiger partial charge is 0.0719 e. The Hall–Kier alpha value is -2.39. The summed E-state index contributed by atoms with van der Waals surface area (Å²) >= 11 is 0. The fraction of sp³-hybridized carbons (Fsp3) is 0.118. The zero-order valence-corrected chi connectivity index (χ0v) is 11.5. The molecule has 0 radical (unpaired) electrons. The Balaban J connectivity index is 2.07. The Morgan fingerprint density at radius 1 is 1.00 bits per heavy atom.